The van der Waals surface area contributed by atoms with E-state index >= 15 is 0 Å². The summed E-state index contributed by atoms with van der Waals surface area (Å²) in [4.78, 5) is 3.87. The minimum Gasteiger partial charge on any atom is -0.461 e. The standard InChI is InChI=1S/C7H5N3O3S/c11-14(12)5-10-7(8-4-9-10)6-2-1-3-13-6/h1-5H. The number of nitrogens with zero attached hydrogens (tertiary/aromatic N) is 3. The molecule has 0 spiro atoms. The molecule has 0 aliphatic carbocycles. The quantitative estimate of drug-likeness (QED) is 0.654. The van der Waals surface area contributed by atoms with Gasteiger partial charge in [-0.15, -0.1) is 0 Å². The fraction of sp³-hybridized carbons (Fsp3) is 0. The lowest BCUT2D eigenvalue weighted by atomic mass is 10.4. The van der Waals surface area contributed by atoms with Crippen molar-refractivity contribution < 1.29 is 12.8 Å². The highest BCUT2D eigenvalue weighted by Gasteiger charge is 2.07. The van der Waals surface area contributed by atoms with E-state index in [1.165, 1.54) is 12.6 Å². The molecule has 0 unspecified atom stereocenters. The Hall–Kier alpha value is -1.89. The molecule has 14 heavy (non-hydrogen) atoms. The van der Waals surface area contributed by atoms with Gasteiger partial charge in [-0.1, -0.05) is 0 Å². The van der Waals surface area contributed by atoms with Crippen LogP contribution < -0.4 is 0 Å². The van der Waals surface area contributed by atoms with Crippen molar-refractivity contribution in [3.63, 3.8) is 0 Å². The molecule has 0 aliphatic heterocycles. The first-order valence-corrected chi connectivity index (χ1v) is 4.77. The van der Waals surface area contributed by atoms with Crippen LogP contribution in [0.4, 0.5) is 0 Å². The van der Waals surface area contributed by atoms with Crippen molar-refractivity contribution >= 4 is 15.8 Å². The predicted molar refractivity (Wildman–Crippen MR) is 48.1 cm³/mol. The van der Waals surface area contributed by atoms with Gasteiger partial charge in [0.2, 0.25) is 10.3 Å². The van der Waals surface area contributed by atoms with Crippen LogP contribution in [-0.4, -0.2) is 28.7 Å². The third-order valence-electron chi connectivity index (χ3n) is 1.50. The summed E-state index contributed by atoms with van der Waals surface area (Å²) in [5.41, 5.74) is 0.908. The molecule has 2 aromatic heterocycles. The molecule has 0 saturated carbocycles. The van der Waals surface area contributed by atoms with Crippen LogP contribution >= 0.6 is 0 Å². The van der Waals surface area contributed by atoms with E-state index in [9.17, 15) is 8.42 Å². The molecule has 0 aliphatic rings. The second-order valence-corrected chi connectivity index (χ2v) is 3.10. The third-order valence-corrected chi connectivity index (χ3v) is 1.87. The minimum absolute atomic E-state index is 0.346. The van der Waals surface area contributed by atoms with E-state index in [0.717, 1.165) is 10.2 Å². The zero-order valence-corrected chi connectivity index (χ0v) is 7.68. The van der Waals surface area contributed by atoms with Gasteiger partial charge in [0.15, 0.2) is 17.1 Å². The Kier molecular flexibility index (Phi) is 2.15. The molecule has 6 nitrogen and oxygen atoms in total. The molecule has 0 fully saturated rings. The molecule has 0 aromatic carbocycles. The second-order valence-electron chi connectivity index (χ2n) is 2.37. The van der Waals surface area contributed by atoms with Crippen molar-refractivity contribution in [2.45, 2.75) is 0 Å². The van der Waals surface area contributed by atoms with Crippen molar-refractivity contribution in [3.05, 3.63) is 24.7 Å². The van der Waals surface area contributed by atoms with E-state index < -0.39 is 10.3 Å². The molecule has 0 atom stereocenters. The number of rotatable bonds is 2. The third kappa shape index (κ3) is 1.57. The monoisotopic (exact) mass is 211 g/mol. The van der Waals surface area contributed by atoms with E-state index in [4.69, 9.17) is 4.42 Å². The summed E-state index contributed by atoms with van der Waals surface area (Å²) < 4.78 is 27.0. The van der Waals surface area contributed by atoms with Crippen LogP contribution in [0, 0.1) is 0 Å². The maximum atomic E-state index is 10.4. The lowest BCUT2D eigenvalue weighted by Crippen LogP contribution is -2.00. The number of hydrogen-bond acceptors (Lipinski definition) is 5. The molecular formula is C7H5N3O3S. The van der Waals surface area contributed by atoms with Crippen LogP contribution in [0.5, 0.6) is 0 Å². The van der Waals surface area contributed by atoms with Crippen LogP contribution in [-0.2, 0) is 10.3 Å². The molecule has 72 valence electrons. The van der Waals surface area contributed by atoms with E-state index in [2.05, 4.69) is 10.1 Å². The summed E-state index contributed by atoms with van der Waals surface area (Å²) in [6, 6.07) is 3.35. The minimum atomic E-state index is -2.32. The zero-order chi connectivity index (χ0) is 9.97. The number of furan rings is 1. The summed E-state index contributed by atoms with van der Waals surface area (Å²) in [6.07, 6.45) is 2.73. The van der Waals surface area contributed by atoms with E-state index in [0.29, 0.717) is 11.6 Å². The largest absolute Gasteiger partial charge is 0.461 e. The Morgan fingerprint density at radius 1 is 1.50 bits per heavy atom. The van der Waals surface area contributed by atoms with Gasteiger partial charge in [0.1, 0.15) is 6.33 Å². The molecule has 0 saturated heterocycles. The van der Waals surface area contributed by atoms with Crippen molar-refractivity contribution in [1.82, 2.24) is 14.8 Å². The lowest BCUT2D eigenvalue weighted by Gasteiger charge is -1.92. The van der Waals surface area contributed by atoms with Crippen LogP contribution in [0.3, 0.4) is 0 Å². The Labute approximate surface area is 80.3 Å². The summed E-state index contributed by atoms with van der Waals surface area (Å²) in [6.45, 7) is 0. The SMILES string of the molecule is O=S(=O)=Cn1ncnc1-c1ccco1. The van der Waals surface area contributed by atoms with Gasteiger partial charge in [-0.25, -0.2) is 9.67 Å². The Balaban J connectivity index is 2.56. The summed E-state index contributed by atoms with van der Waals surface area (Å²) in [7, 11) is -2.32. The van der Waals surface area contributed by atoms with Gasteiger partial charge in [0.25, 0.3) is 0 Å². The van der Waals surface area contributed by atoms with Gasteiger partial charge in [0, 0.05) is 0 Å². The number of aromatic nitrogens is 3. The fourth-order valence-corrected chi connectivity index (χ4v) is 1.31. The van der Waals surface area contributed by atoms with Crippen LogP contribution in [0.2, 0.25) is 0 Å². The highest BCUT2D eigenvalue weighted by atomic mass is 32.2. The zero-order valence-electron chi connectivity index (χ0n) is 6.86. The molecule has 7 heteroatoms. The summed E-state index contributed by atoms with van der Waals surface area (Å²) in [5.74, 6) is 0.809. The van der Waals surface area contributed by atoms with Crippen molar-refractivity contribution in [3.8, 4) is 11.6 Å². The van der Waals surface area contributed by atoms with Crippen LogP contribution in [0.15, 0.2) is 29.1 Å². The molecule has 2 rings (SSSR count). The highest BCUT2D eigenvalue weighted by molar-refractivity contribution is 7.71. The predicted octanol–water partition coefficient (Wildman–Crippen LogP) is 0.0250. The molecule has 0 amide bonds. The van der Waals surface area contributed by atoms with E-state index in [1.54, 1.807) is 12.1 Å². The van der Waals surface area contributed by atoms with E-state index in [-0.39, 0.29) is 0 Å². The number of hydrogen-bond donors (Lipinski definition) is 0. The summed E-state index contributed by atoms with van der Waals surface area (Å²) in [5, 5.41) is 3.71. The van der Waals surface area contributed by atoms with Gasteiger partial charge < -0.3 is 4.42 Å². The first-order valence-electron chi connectivity index (χ1n) is 3.64. The molecule has 0 radical (unpaired) electrons. The van der Waals surface area contributed by atoms with Gasteiger partial charge >= 0.3 is 0 Å². The first kappa shape index (κ1) is 8.70. The molecule has 2 heterocycles. The molecule has 0 bridgehead atoms. The molecule has 2 aromatic rings. The van der Waals surface area contributed by atoms with Crippen molar-refractivity contribution in [1.29, 1.82) is 0 Å². The highest BCUT2D eigenvalue weighted by Crippen LogP contribution is 2.14. The lowest BCUT2D eigenvalue weighted by molar-refractivity contribution is 0.576. The van der Waals surface area contributed by atoms with Gasteiger partial charge in [-0.05, 0) is 12.1 Å². The van der Waals surface area contributed by atoms with Gasteiger partial charge in [-0.2, -0.15) is 13.5 Å². The maximum Gasteiger partial charge on any atom is 0.232 e. The van der Waals surface area contributed by atoms with Gasteiger partial charge in [0.05, 0.1) is 6.26 Å². The Morgan fingerprint density at radius 3 is 3.00 bits per heavy atom. The average molecular weight is 211 g/mol. The van der Waals surface area contributed by atoms with Crippen molar-refractivity contribution in [2.24, 2.45) is 0 Å². The van der Waals surface area contributed by atoms with Gasteiger partial charge in [-0.3, -0.25) is 0 Å². The van der Waals surface area contributed by atoms with Crippen LogP contribution in [0.25, 0.3) is 11.6 Å². The maximum absolute atomic E-state index is 10.4. The smallest absolute Gasteiger partial charge is 0.232 e. The second kappa shape index (κ2) is 3.46. The van der Waals surface area contributed by atoms with Crippen LogP contribution in [0.1, 0.15) is 0 Å². The Morgan fingerprint density at radius 2 is 2.36 bits per heavy atom. The summed E-state index contributed by atoms with van der Waals surface area (Å²) >= 11 is 0. The topological polar surface area (TPSA) is 78.0 Å². The fourth-order valence-electron chi connectivity index (χ4n) is 0.991. The van der Waals surface area contributed by atoms with E-state index in [1.807, 2.05) is 0 Å². The molecular weight excluding hydrogens is 206 g/mol. The normalized spacial score (nSPS) is 10.0. The average Bonchev–Trinajstić information content (AvgIpc) is 2.70. The first-order chi connectivity index (χ1) is 6.77. The Bertz CT molecular complexity index is 545. The van der Waals surface area contributed by atoms with Crippen molar-refractivity contribution in [2.75, 3.05) is 0 Å². The molecule has 0 N–H and O–H groups in total.